The molecule has 1 atom stereocenters. The van der Waals surface area contributed by atoms with E-state index in [9.17, 15) is 4.79 Å². The maximum atomic E-state index is 12.8. The average molecular weight is 286 g/mol. The summed E-state index contributed by atoms with van der Waals surface area (Å²) in [7, 11) is 3.96. The lowest BCUT2D eigenvalue weighted by Gasteiger charge is -2.27. The van der Waals surface area contributed by atoms with Crippen LogP contribution in [0.15, 0.2) is 24.3 Å². The van der Waals surface area contributed by atoms with Crippen LogP contribution in [-0.2, 0) is 4.79 Å². The number of carbonyl (C=O) groups is 1. The molecular formula is C18H26N2O. The normalized spacial score (nSPS) is 19.9. The molecule has 2 aliphatic rings. The van der Waals surface area contributed by atoms with Crippen molar-refractivity contribution in [3.63, 3.8) is 0 Å². The van der Waals surface area contributed by atoms with Gasteiger partial charge >= 0.3 is 0 Å². The Hall–Kier alpha value is -1.35. The second-order valence-corrected chi connectivity index (χ2v) is 6.99. The monoisotopic (exact) mass is 286 g/mol. The molecule has 3 heteroatoms. The maximum absolute atomic E-state index is 12.8. The smallest absolute Gasteiger partial charge is 0.242 e. The van der Waals surface area contributed by atoms with E-state index >= 15 is 0 Å². The fraction of sp³-hybridized carbons (Fsp3) is 0.611. The molecule has 1 amide bonds. The van der Waals surface area contributed by atoms with Gasteiger partial charge in [0.25, 0.3) is 0 Å². The Morgan fingerprint density at radius 2 is 1.81 bits per heavy atom. The lowest BCUT2D eigenvalue weighted by Crippen LogP contribution is -2.44. The Labute approximate surface area is 127 Å². The predicted octanol–water partition coefficient (Wildman–Crippen LogP) is 2.90. The highest BCUT2D eigenvalue weighted by molar-refractivity contribution is 5.83. The summed E-state index contributed by atoms with van der Waals surface area (Å²) in [6.07, 6.45) is 5.16. The second kappa shape index (κ2) is 5.80. The quantitative estimate of drug-likeness (QED) is 0.872. The Bertz CT molecular complexity index is 506. The first-order valence-corrected chi connectivity index (χ1v) is 8.09. The van der Waals surface area contributed by atoms with Crippen molar-refractivity contribution in [1.82, 2.24) is 10.2 Å². The minimum Gasteiger partial charge on any atom is -0.351 e. The van der Waals surface area contributed by atoms with Crippen molar-refractivity contribution < 1.29 is 4.79 Å². The average Bonchev–Trinajstić information content (AvgIpc) is 3.28. The zero-order valence-electron chi connectivity index (χ0n) is 13.3. The molecule has 0 bridgehead atoms. The van der Waals surface area contributed by atoms with Gasteiger partial charge in [-0.15, -0.1) is 0 Å². The van der Waals surface area contributed by atoms with E-state index in [1.165, 1.54) is 31.2 Å². The fourth-order valence-electron chi connectivity index (χ4n) is 3.30. The summed E-state index contributed by atoms with van der Waals surface area (Å²) < 4.78 is 0. The van der Waals surface area contributed by atoms with E-state index in [1.807, 2.05) is 25.1 Å². The molecule has 3 rings (SSSR count). The summed E-state index contributed by atoms with van der Waals surface area (Å²) in [5.41, 5.74) is 2.29. The maximum Gasteiger partial charge on any atom is 0.242 e. The van der Waals surface area contributed by atoms with Gasteiger partial charge in [0.1, 0.15) is 6.04 Å². The molecule has 3 nitrogen and oxygen atoms in total. The van der Waals surface area contributed by atoms with Crippen molar-refractivity contribution in [3.05, 3.63) is 35.4 Å². The molecular weight excluding hydrogens is 260 g/mol. The molecule has 0 unspecified atom stereocenters. The van der Waals surface area contributed by atoms with E-state index in [2.05, 4.69) is 30.4 Å². The number of nitrogens with zero attached hydrogens (tertiary/aromatic N) is 1. The number of hydrogen-bond acceptors (Lipinski definition) is 2. The van der Waals surface area contributed by atoms with Gasteiger partial charge in [0, 0.05) is 6.04 Å². The van der Waals surface area contributed by atoms with E-state index in [0.29, 0.717) is 6.04 Å². The molecule has 0 spiro atoms. The van der Waals surface area contributed by atoms with Crippen molar-refractivity contribution in [2.45, 2.75) is 44.7 Å². The number of likely N-dealkylation sites (N-methyl/N-ethyl adjacent to an activating group) is 1. The highest BCUT2D eigenvalue weighted by atomic mass is 16.2. The van der Waals surface area contributed by atoms with E-state index < -0.39 is 0 Å². The minimum absolute atomic E-state index is 0.161. The summed E-state index contributed by atoms with van der Waals surface area (Å²) in [5.74, 6) is 1.64. The van der Waals surface area contributed by atoms with Crippen LogP contribution < -0.4 is 5.32 Å². The molecule has 2 aliphatic carbocycles. The number of benzene rings is 1. The van der Waals surface area contributed by atoms with Crippen molar-refractivity contribution in [2.24, 2.45) is 11.8 Å². The van der Waals surface area contributed by atoms with Gasteiger partial charge in [-0.3, -0.25) is 9.69 Å². The highest BCUT2D eigenvalue weighted by Crippen LogP contribution is 2.44. The van der Waals surface area contributed by atoms with Crippen LogP contribution in [-0.4, -0.2) is 30.9 Å². The van der Waals surface area contributed by atoms with E-state index in [0.717, 1.165) is 17.4 Å². The zero-order chi connectivity index (χ0) is 15.0. The third kappa shape index (κ3) is 3.46. The number of amides is 1. The first-order chi connectivity index (χ1) is 10.1. The Balaban J connectivity index is 1.75. The molecule has 0 aliphatic heterocycles. The first kappa shape index (κ1) is 14.6. The van der Waals surface area contributed by atoms with Crippen molar-refractivity contribution >= 4 is 5.91 Å². The van der Waals surface area contributed by atoms with Gasteiger partial charge < -0.3 is 5.32 Å². The van der Waals surface area contributed by atoms with E-state index in [-0.39, 0.29) is 11.9 Å². The Morgan fingerprint density at radius 1 is 1.19 bits per heavy atom. The van der Waals surface area contributed by atoms with E-state index in [1.54, 1.807) is 0 Å². The van der Waals surface area contributed by atoms with Crippen LogP contribution in [0.4, 0.5) is 0 Å². The summed E-state index contributed by atoms with van der Waals surface area (Å²) in [5, 5.41) is 3.36. The van der Waals surface area contributed by atoms with Gasteiger partial charge in [0.05, 0.1) is 0 Å². The van der Waals surface area contributed by atoms with Crippen LogP contribution in [0, 0.1) is 18.8 Å². The lowest BCUT2D eigenvalue weighted by atomic mass is 10.0. The number of nitrogens with one attached hydrogen (secondary N) is 1. The van der Waals surface area contributed by atoms with E-state index in [4.69, 9.17) is 0 Å². The van der Waals surface area contributed by atoms with Gasteiger partial charge in [0.2, 0.25) is 5.91 Å². The highest BCUT2D eigenvalue weighted by Gasteiger charge is 2.43. The Morgan fingerprint density at radius 3 is 2.29 bits per heavy atom. The third-order valence-electron chi connectivity index (χ3n) is 4.69. The van der Waals surface area contributed by atoms with Gasteiger partial charge in [-0.2, -0.15) is 0 Å². The van der Waals surface area contributed by atoms with Crippen molar-refractivity contribution in [3.8, 4) is 0 Å². The summed E-state index contributed by atoms with van der Waals surface area (Å²) in [6, 6.07) is 8.52. The molecule has 21 heavy (non-hydrogen) atoms. The first-order valence-electron chi connectivity index (χ1n) is 8.09. The molecule has 2 saturated carbocycles. The minimum atomic E-state index is -0.190. The van der Waals surface area contributed by atoms with Crippen LogP contribution >= 0.6 is 0 Å². The SMILES string of the molecule is Cc1cccc([C@H](C(=O)NC(C2CC2)C2CC2)N(C)C)c1. The van der Waals surface area contributed by atoms with Gasteiger partial charge in [-0.05, 0) is 64.1 Å². The molecule has 0 aromatic heterocycles. The molecule has 0 heterocycles. The van der Waals surface area contributed by atoms with Crippen LogP contribution in [0.3, 0.4) is 0 Å². The summed E-state index contributed by atoms with van der Waals surface area (Å²) in [6.45, 7) is 2.07. The van der Waals surface area contributed by atoms with Crippen LogP contribution in [0.1, 0.15) is 42.9 Å². The van der Waals surface area contributed by atoms with Gasteiger partial charge in [-0.25, -0.2) is 0 Å². The Kier molecular flexibility index (Phi) is 4.03. The standard InChI is InChI=1S/C18H26N2O/c1-12-5-4-6-15(11-12)17(20(2)3)18(21)19-16(13-7-8-13)14-9-10-14/h4-6,11,13-14,16-17H,7-10H2,1-3H3,(H,19,21)/t17-/m1/s1. The molecule has 2 fully saturated rings. The van der Waals surface area contributed by atoms with Gasteiger partial charge in [0.15, 0.2) is 0 Å². The second-order valence-electron chi connectivity index (χ2n) is 6.99. The molecule has 1 aromatic carbocycles. The fourth-order valence-corrected chi connectivity index (χ4v) is 3.30. The molecule has 114 valence electrons. The number of rotatable bonds is 6. The molecule has 1 aromatic rings. The number of hydrogen-bond donors (Lipinski definition) is 1. The lowest BCUT2D eigenvalue weighted by molar-refractivity contribution is -0.126. The van der Waals surface area contributed by atoms with Crippen LogP contribution in [0.25, 0.3) is 0 Å². The third-order valence-corrected chi connectivity index (χ3v) is 4.69. The molecule has 1 N–H and O–H groups in total. The summed E-state index contributed by atoms with van der Waals surface area (Å²) >= 11 is 0. The predicted molar refractivity (Wildman–Crippen MR) is 85.0 cm³/mol. The largest absolute Gasteiger partial charge is 0.351 e. The van der Waals surface area contributed by atoms with Gasteiger partial charge in [-0.1, -0.05) is 29.8 Å². The topological polar surface area (TPSA) is 32.3 Å². The molecule has 0 saturated heterocycles. The van der Waals surface area contributed by atoms with Crippen molar-refractivity contribution in [1.29, 1.82) is 0 Å². The summed E-state index contributed by atoms with van der Waals surface area (Å²) in [4.78, 5) is 14.8. The number of carbonyl (C=O) groups excluding carboxylic acids is 1. The van der Waals surface area contributed by atoms with Crippen LogP contribution in [0.5, 0.6) is 0 Å². The van der Waals surface area contributed by atoms with Crippen LogP contribution in [0.2, 0.25) is 0 Å². The zero-order valence-corrected chi connectivity index (χ0v) is 13.3. The number of aryl methyl sites for hydroxylation is 1. The molecule has 0 radical (unpaired) electrons. The van der Waals surface area contributed by atoms with Crippen molar-refractivity contribution in [2.75, 3.05) is 14.1 Å².